The zero-order chi connectivity index (χ0) is 21.2. The molecule has 30 heavy (non-hydrogen) atoms. The van der Waals surface area contributed by atoms with Crippen LogP contribution in [0.3, 0.4) is 0 Å². The summed E-state index contributed by atoms with van der Waals surface area (Å²) in [7, 11) is 3.16. The van der Waals surface area contributed by atoms with Crippen LogP contribution in [0.2, 0.25) is 0 Å². The summed E-state index contributed by atoms with van der Waals surface area (Å²) in [5.41, 5.74) is 5.23. The summed E-state index contributed by atoms with van der Waals surface area (Å²) in [4.78, 5) is 32.8. The van der Waals surface area contributed by atoms with Gasteiger partial charge in [0.15, 0.2) is 0 Å². The van der Waals surface area contributed by atoms with Gasteiger partial charge in [-0.25, -0.2) is 9.36 Å². The number of carbonyl (C=O) groups is 2. The average Bonchev–Trinajstić information content (AvgIpc) is 3.28. The van der Waals surface area contributed by atoms with Crippen LogP contribution in [-0.2, 0) is 4.79 Å². The highest BCUT2D eigenvalue weighted by Gasteiger charge is 2.52. The minimum absolute atomic E-state index is 0.280. The number of rotatable bonds is 2. The number of aryl methyl sites for hydroxylation is 2. The highest BCUT2D eigenvalue weighted by molar-refractivity contribution is 6.18. The van der Waals surface area contributed by atoms with Gasteiger partial charge in [0.2, 0.25) is 11.9 Å². The van der Waals surface area contributed by atoms with E-state index in [2.05, 4.69) is 48.7 Å². The number of fused-ring (bicyclic) bond motifs is 3. The lowest BCUT2D eigenvalue weighted by atomic mass is 10.1. The van der Waals surface area contributed by atoms with Crippen molar-refractivity contribution in [3.8, 4) is 16.9 Å². The van der Waals surface area contributed by atoms with Crippen LogP contribution in [0.1, 0.15) is 17.2 Å². The molecule has 1 aromatic heterocycles. The maximum Gasteiger partial charge on any atom is 0.407 e. The highest BCUT2D eigenvalue weighted by Crippen LogP contribution is 2.35. The van der Waals surface area contributed by atoms with Crippen LogP contribution in [0.4, 0.5) is 10.7 Å². The molecule has 7 heteroatoms. The lowest BCUT2D eigenvalue weighted by Gasteiger charge is -2.30. The first-order chi connectivity index (χ1) is 14.4. The van der Waals surface area contributed by atoms with Crippen molar-refractivity contribution >= 4 is 23.7 Å². The van der Waals surface area contributed by atoms with E-state index in [0.29, 0.717) is 11.8 Å². The number of amidine groups is 1. The molecule has 0 spiro atoms. The van der Waals surface area contributed by atoms with E-state index < -0.39 is 6.04 Å². The number of aromatic nitrogens is 2. The van der Waals surface area contributed by atoms with Crippen LogP contribution >= 0.6 is 0 Å². The van der Waals surface area contributed by atoms with Crippen molar-refractivity contribution < 1.29 is 14.2 Å². The van der Waals surface area contributed by atoms with Gasteiger partial charge in [-0.2, -0.15) is 4.57 Å². The molecule has 2 aromatic carbocycles. The van der Waals surface area contributed by atoms with Crippen LogP contribution < -0.4 is 4.57 Å². The summed E-state index contributed by atoms with van der Waals surface area (Å²) in [5, 5.41) is 0. The summed E-state index contributed by atoms with van der Waals surface area (Å²) >= 11 is 0. The summed E-state index contributed by atoms with van der Waals surface area (Å²) in [6, 6.07) is 15.3. The number of para-hydroxylation sites is 1. The Bertz CT molecular complexity index is 1240. The molecule has 1 fully saturated rings. The zero-order valence-corrected chi connectivity index (χ0v) is 17.3. The second-order valence-corrected chi connectivity index (χ2v) is 7.82. The molecule has 0 bridgehead atoms. The number of hydrogen-bond donors (Lipinski definition) is 0. The molecule has 150 valence electrons. The molecule has 0 radical (unpaired) electrons. The Morgan fingerprint density at radius 3 is 2.33 bits per heavy atom. The van der Waals surface area contributed by atoms with E-state index in [1.807, 2.05) is 29.0 Å². The van der Waals surface area contributed by atoms with Gasteiger partial charge < -0.3 is 0 Å². The summed E-state index contributed by atoms with van der Waals surface area (Å²) in [5.74, 6) is 0.803. The van der Waals surface area contributed by atoms with Crippen molar-refractivity contribution in [3.05, 3.63) is 65.9 Å². The van der Waals surface area contributed by atoms with Gasteiger partial charge in [0.1, 0.15) is 17.6 Å². The Balaban J connectivity index is 1.80. The van der Waals surface area contributed by atoms with Gasteiger partial charge in [-0.3, -0.25) is 14.6 Å². The Morgan fingerprint density at radius 2 is 1.63 bits per heavy atom. The van der Waals surface area contributed by atoms with Crippen LogP contribution in [0.15, 0.2) is 59.7 Å². The molecule has 3 amide bonds. The van der Waals surface area contributed by atoms with E-state index >= 15 is 0 Å². The second-order valence-electron chi connectivity index (χ2n) is 7.82. The van der Waals surface area contributed by atoms with Crippen molar-refractivity contribution in [3.63, 3.8) is 0 Å². The van der Waals surface area contributed by atoms with Gasteiger partial charge >= 0.3 is 12.0 Å². The molecule has 1 saturated heterocycles. The van der Waals surface area contributed by atoms with E-state index in [-0.39, 0.29) is 11.9 Å². The molecule has 5 rings (SSSR count). The highest BCUT2D eigenvalue weighted by atomic mass is 16.2. The molecule has 0 saturated carbocycles. The summed E-state index contributed by atoms with van der Waals surface area (Å²) in [6.07, 6.45) is 1.96. The standard InChI is InChI=1S/C23H22N5O2/c1-14-9-11-16(12-10-14)18-13-27-19-20(25(3)23(30)26(4)21(19)29)24-22(27)28(18)17-8-6-5-7-15(17)2/h5-13,19H,1-4H3/q+1. The van der Waals surface area contributed by atoms with Crippen LogP contribution in [0, 0.1) is 13.8 Å². The molecule has 7 nitrogen and oxygen atoms in total. The number of benzene rings is 2. The predicted molar refractivity (Wildman–Crippen MR) is 113 cm³/mol. The topological polar surface area (TPSA) is 61.8 Å². The first-order valence-electron chi connectivity index (χ1n) is 9.82. The van der Waals surface area contributed by atoms with Crippen LogP contribution in [0.5, 0.6) is 0 Å². The molecule has 1 atom stereocenters. The van der Waals surface area contributed by atoms with Gasteiger partial charge in [-0.1, -0.05) is 53.0 Å². The molecule has 0 aliphatic carbocycles. The van der Waals surface area contributed by atoms with Gasteiger partial charge in [-0.05, 0) is 25.5 Å². The Kier molecular flexibility index (Phi) is 3.89. The normalized spacial score (nSPS) is 17.9. The third-order valence-corrected chi connectivity index (χ3v) is 5.86. The van der Waals surface area contributed by atoms with Crippen molar-refractivity contribution in [2.75, 3.05) is 14.1 Å². The third kappa shape index (κ3) is 2.45. The maximum atomic E-state index is 13.0. The molecular weight excluding hydrogens is 378 g/mol. The third-order valence-electron chi connectivity index (χ3n) is 5.86. The van der Waals surface area contributed by atoms with E-state index in [1.54, 1.807) is 7.05 Å². The van der Waals surface area contributed by atoms with E-state index in [4.69, 9.17) is 4.99 Å². The van der Waals surface area contributed by atoms with Gasteiger partial charge in [0.25, 0.3) is 5.91 Å². The number of likely N-dealkylation sites (N-methyl/N-ethyl adjacent to an activating group) is 2. The summed E-state index contributed by atoms with van der Waals surface area (Å²) < 4.78 is 3.94. The number of aliphatic imine (C=N–C) groups is 1. The molecule has 0 N–H and O–H groups in total. The molecule has 3 heterocycles. The molecule has 3 aromatic rings. The first-order valence-corrected chi connectivity index (χ1v) is 9.82. The second kappa shape index (κ2) is 6.38. The van der Waals surface area contributed by atoms with E-state index in [1.165, 1.54) is 17.5 Å². The maximum absolute atomic E-state index is 13.0. The Morgan fingerprint density at radius 1 is 0.933 bits per heavy atom. The molecule has 2 aliphatic heterocycles. The smallest absolute Gasteiger partial charge is 0.270 e. The van der Waals surface area contributed by atoms with Crippen molar-refractivity contribution in [2.24, 2.45) is 4.99 Å². The van der Waals surface area contributed by atoms with Crippen molar-refractivity contribution in [1.82, 2.24) is 14.4 Å². The Labute approximate surface area is 174 Å². The largest absolute Gasteiger partial charge is 0.407 e. The number of imidazole rings is 1. The predicted octanol–water partition coefficient (Wildman–Crippen LogP) is 3.16. The quantitative estimate of drug-likeness (QED) is 0.621. The fourth-order valence-corrected chi connectivity index (χ4v) is 4.12. The Hall–Kier alpha value is -3.74. The molecule has 2 aliphatic rings. The number of urea groups is 1. The minimum Gasteiger partial charge on any atom is -0.270 e. The number of hydrogen-bond acceptors (Lipinski definition) is 3. The van der Waals surface area contributed by atoms with Crippen molar-refractivity contribution in [1.29, 1.82) is 0 Å². The first kappa shape index (κ1) is 18.3. The zero-order valence-electron chi connectivity index (χ0n) is 17.3. The van der Waals surface area contributed by atoms with E-state index in [0.717, 1.165) is 27.4 Å². The minimum atomic E-state index is -0.651. The van der Waals surface area contributed by atoms with Crippen molar-refractivity contribution in [2.45, 2.75) is 19.9 Å². The number of amides is 3. The fraction of sp³-hybridized carbons (Fsp3) is 0.217. The number of nitrogens with zero attached hydrogens (tertiary/aromatic N) is 5. The van der Waals surface area contributed by atoms with Gasteiger partial charge in [0, 0.05) is 19.7 Å². The lowest BCUT2D eigenvalue weighted by molar-refractivity contribution is -0.676. The van der Waals surface area contributed by atoms with E-state index in [9.17, 15) is 9.59 Å². The molecular formula is C23H22N5O2+. The van der Waals surface area contributed by atoms with Gasteiger partial charge in [-0.15, -0.1) is 0 Å². The van der Waals surface area contributed by atoms with Crippen LogP contribution in [-0.4, -0.2) is 46.2 Å². The monoisotopic (exact) mass is 400 g/mol. The number of imide groups is 1. The summed E-state index contributed by atoms with van der Waals surface area (Å²) in [6.45, 7) is 4.11. The SMILES string of the molecule is Cc1ccc(-c2c[n+]3c(n2-c2ccccc2C)N=C2C3C(=O)N(C)C(=O)N2C)cc1. The van der Waals surface area contributed by atoms with Gasteiger partial charge in [0.05, 0.1) is 0 Å². The lowest BCUT2D eigenvalue weighted by Crippen LogP contribution is -2.61. The fourth-order valence-electron chi connectivity index (χ4n) is 4.12. The average molecular weight is 400 g/mol. The van der Waals surface area contributed by atoms with Crippen LogP contribution in [0.25, 0.3) is 16.9 Å². The number of carbonyl (C=O) groups excluding carboxylic acids is 2. The molecule has 1 unspecified atom stereocenters.